The Bertz CT molecular complexity index is 663. The summed E-state index contributed by atoms with van der Waals surface area (Å²) in [6.45, 7) is 1.81. The zero-order valence-corrected chi connectivity index (χ0v) is 15.6. The van der Waals surface area contributed by atoms with Gasteiger partial charge in [-0.25, -0.2) is 0 Å². The summed E-state index contributed by atoms with van der Waals surface area (Å²) < 4.78 is 82.9. The molecule has 1 rings (SSSR count). The summed E-state index contributed by atoms with van der Waals surface area (Å²) in [5.41, 5.74) is 5.34. The quantitative estimate of drug-likeness (QED) is 0.488. The van der Waals surface area contributed by atoms with Gasteiger partial charge in [0.1, 0.15) is 0 Å². The number of carboxylic acids is 1. The van der Waals surface area contributed by atoms with Gasteiger partial charge in [-0.05, 0) is 36.8 Å². The van der Waals surface area contributed by atoms with E-state index in [1.165, 1.54) is 6.07 Å². The van der Waals surface area contributed by atoms with Gasteiger partial charge in [0.25, 0.3) is 0 Å². The molecule has 0 spiro atoms. The number of alkyl halides is 6. The van der Waals surface area contributed by atoms with Gasteiger partial charge in [-0.15, -0.1) is 26.3 Å². The van der Waals surface area contributed by atoms with Crippen LogP contribution in [0, 0.1) is 11.8 Å². The number of hydrogen-bond acceptors (Lipinski definition) is 4. The van der Waals surface area contributed by atoms with E-state index in [1.54, 1.807) is 0 Å². The second-order valence-corrected chi connectivity index (χ2v) is 6.51. The third-order valence-corrected chi connectivity index (χ3v) is 4.39. The zero-order chi connectivity index (χ0) is 22.2. The standard InChI is InChI=1S/C18H23F6NO4/c1-2-11(9-13(10-25)16(26)27)5-3-6-12-7-4-8-14(28-17(19,20)21)15(12)29-18(22,23)24/h4,7-8,11,13H,2-3,5-6,9-10,25H2,1H3,(H,26,27). The van der Waals surface area contributed by atoms with Crippen molar-refractivity contribution in [3.8, 4) is 11.5 Å². The second-order valence-electron chi connectivity index (χ2n) is 6.51. The summed E-state index contributed by atoms with van der Waals surface area (Å²) in [6.07, 6.45) is -8.64. The van der Waals surface area contributed by atoms with Crippen molar-refractivity contribution < 1.29 is 45.7 Å². The highest BCUT2D eigenvalue weighted by atomic mass is 19.4. The molecule has 0 aliphatic heterocycles. The Morgan fingerprint density at radius 3 is 2.24 bits per heavy atom. The van der Waals surface area contributed by atoms with Gasteiger partial charge in [-0.3, -0.25) is 4.79 Å². The predicted octanol–water partition coefficient (Wildman–Crippen LogP) is 4.88. The van der Waals surface area contributed by atoms with E-state index in [9.17, 15) is 31.1 Å². The van der Waals surface area contributed by atoms with Gasteiger partial charge in [0.15, 0.2) is 11.5 Å². The van der Waals surface area contributed by atoms with Gasteiger partial charge in [0.05, 0.1) is 5.92 Å². The molecular formula is C18H23F6NO4. The van der Waals surface area contributed by atoms with Crippen molar-refractivity contribution in [2.75, 3.05) is 6.54 Å². The number of carboxylic acid groups (broad SMARTS) is 1. The first kappa shape index (κ1) is 24.9. The van der Waals surface area contributed by atoms with Crippen molar-refractivity contribution in [2.45, 2.75) is 51.8 Å². The molecule has 0 aliphatic rings. The molecular weight excluding hydrogens is 408 g/mol. The first-order valence-electron chi connectivity index (χ1n) is 8.92. The molecule has 2 atom stereocenters. The second kappa shape index (κ2) is 10.6. The van der Waals surface area contributed by atoms with Crippen LogP contribution in [0.2, 0.25) is 0 Å². The minimum absolute atomic E-state index is 0.00265. The van der Waals surface area contributed by atoms with Crippen LogP contribution in [0.25, 0.3) is 0 Å². The van der Waals surface area contributed by atoms with Gasteiger partial charge in [-0.1, -0.05) is 31.9 Å². The molecule has 5 nitrogen and oxygen atoms in total. The number of para-hydroxylation sites is 1. The van der Waals surface area contributed by atoms with E-state index in [0.717, 1.165) is 12.1 Å². The summed E-state index contributed by atoms with van der Waals surface area (Å²) in [5, 5.41) is 9.08. The van der Waals surface area contributed by atoms with Crippen LogP contribution in [0.5, 0.6) is 11.5 Å². The zero-order valence-electron chi connectivity index (χ0n) is 15.6. The lowest BCUT2D eigenvalue weighted by Crippen LogP contribution is -2.25. The van der Waals surface area contributed by atoms with Crippen molar-refractivity contribution in [1.29, 1.82) is 0 Å². The third-order valence-electron chi connectivity index (χ3n) is 4.39. The average molecular weight is 431 g/mol. The van der Waals surface area contributed by atoms with Gasteiger partial charge < -0.3 is 20.3 Å². The highest BCUT2D eigenvalue weighted by Gasteiger charge is 2.37. The van der Waals surface area contributed by atoms with Crippen molar-refractivity contribution in [3.05, 3.63) is 23.8 Å². The number of halogens is 6. The molecule has 0 bridgehead atoms. The molecule has 0 fully saturated rings. The first-order chi connectivity index (χ1) is 13.4. The molecule has 1 aromatic rings. The molecule has 1 aromatic carbocycles. The number of benzene rings is 1. The maximum absolute atomic E-state index is 12.7. The van der Waals surface area contributed by atoms with Gasteiger partial charge in [0.2, 0.25) is 0 Å². The number of aryl methyl sites for hydroxylation is 1. The largest absolute Gasteiger partial charge is 0.573 e. The summed E-state index contributed by atoms with van der Waals surface area (Å²) in [4.78, 5) is 11.1. The van der Waals surface area contributed by atoms with E-state index >= 15 is 0 Å². The van der Waals surface area contributed by atoms with Crippen molar-refractivity contribution in [3.63, 3.8) is 0 Å². The molecule has 166 valence electrons. The highest BCUT2D eigenvalue weighted by Crippen LogP contribution is 2.39. The van der Waals surface area contributed by atoms with Crippen molar-refractivity contribution in [1.82, 2.24) is 0 Å². The maximum atomic E-state index is 12.7. The molecule has 0 aromatic heterocycles. The molecule has 0 amide bonds. The van der Waals surface area contributed by atoms with Crippen molar-refractivity contribution in [2.24, 2.45) is 17.6 Å². The SMILES string of the molecule is CCC(CCCc1cccc(OC(F)(F)F)c1OC(F)(F)F)CC(CN)C(=O)O. The van der Waals surface area contributed by atoms with Crippen LogP contribution in [0.1, 0.15) is 38.2 Å². The molecule has 0 saturated heterocycles. The molecule has 0 heterocycles. The van der Waals surface area contributed by atoms with Crippen LogP contribution in [0.4, 0.5) is 26.3 Å². The van der Waals surface area contributed by atoms with Crippen LogP contribution < -0.4 is 15.2 Å². The molecule has 0 radical (unpaired) electrons. The van der Waals surface area contributed by atoms with Crippen LogP contribution in [0.3, 0.4) is 0 Å². The molecule has 0 aliphatic carbocycles. The Kier molecular flexibility index (Phi) is 9.06. The fraction of sp³-hybridized carbons (Fsp3) is 0.611. The monoisotopic (exact) mass is 431 g/mol. The summed E-state index contributed by atoms with van der Waals surface area (Å²) >= 11 is 0. The lowest BCUT2D eigenvalue weighted by Gasteiger charge is -2.20. The number of aliphatic carboxylic acids is 1. The summed E-state index contributed by atoms with van der Waals surface area (Å²) in [6, 6.07) is 3.11. The van der Waals surface area contributed by atoms with E-state index in [4.69, 9.17) is 10.8 Å². The lowest BCUT2D eigenvalue weighted by atomic mass is 9.88. The Balaban J connectivity index is 2.91. The van der Waals surface area contributed by atoms with E-state index in [0.29, 0.717) is 25.7 Å². The first-order valence-corrected chi connectivity index (χ1v) is 8.92. The number of ether oxygens (including phenoxy) is 2. The molecule has 11 heteroatoms. The van der Waals surface area contributed by atoms with Crippen LogP contribution >= 0.6 is 0 Å². The van der Waals surface area contributed by atoms with Crippen LogP contribution in [0.15, 0.2) is 18.2 Å². The number of rotatable bonds is 11. The molecule has 29 heavy (non-hydrogen) atoms. The summed E-state index contributed by atoms with van der Waals surface area (Å²) in [7, 11) is 0. The predicted molar refractivity (Wildman–Crippen MR) is 91.3 cm³/mol. The molecule has 0 saturated carbocycles. The maximum Gasteiger partial charge on any atom is 0.573 e. The Labute approximate surface area is 163 Å². The fourth-order valence-electron chi connectivity index (χ4n) is 2.96. The van der Waals surface area contributed by atoms with Crippen LogP contribution in [-0.4, -0.2) is 30.3 Å². The minimum atomic E-state index is -5.19. The topological polar surface area (TPSA) is 81.8 Å². The van der Waals surface area contributed by atoms with E-state index in [-0.39, 0.29) is 24.4 Å². The van der Waals surface area contributed by atoms with Crippen molar-refractivity contribution >= 4 is 5.97 Å². The smallest absolute Gasteiger partial charge is 0.481 e. The molecule has 3 N–H and O–H groups in total. The van der Waals surface area contributed by atoms with Gasteiger partial charge >= 0.3 is 18.7 Å². The average Bonchev–Trinajstić information content (AvgIpc) is 2.57. The lowest BCUT2D eigenvalue weighted by molar-refractivity contribution is -0.287. The number of hydrogen-bond donors (Lipinski definition) is 2. The Hall–Kier alpha value is -2.17. The highest BCUT2D eigenvalue weighted by molar-refractivity contribution is 5.70. The normalized spacial score (nSPS) is 14.3. The van der Waals surface area contributed by atoms with E-state index in [1.807, 2.05) is 6.92 Å². The summed E-state index contributed by atoms with van der Waals surface area (Å²) in [5.74, 6) is -3.90. The van der Waals surface area contributed by atoms with Gasteiger partial charge in [-0.2, -0.15) is 0 Å². The van der Waals surface area contributed by atoms with Crippen LogP contribution in [-0.2, 0) is 11.2 Å². The number of carbonyl (C=O) groups is 1. The fourth-order valence-corrected chi connectivity index (χ4v) is 2.96. The van der Waals surface area contributed by atoms with Gasteiger partial charge in [0, 0.05) is 6.54 Å². The Morgan fingerprint density at radius 1 is 1.14 bits per heavy atom. The van der Waals surface area contributed by atoms with E-state index in [2.05, 4.69) is 9.47 Å². The molecule has 2 unspecified atom stereocenters. The third kappa shape index (κ3) is 9.25. The van der Waals surface area contributed by atoms with E-state index < -0.39 is 36.1 Å². The number of nitrogens with two attached hydrogens (primary N) is 1. The minimum Gasteiger partial charge on any atom is -0.481 e. The Morgan fingerprint density at radius 2 is 1.76 bits per heavy atom.